The van der Waals surface area contributed by atoms with Crippen LogP contribution in [0.4, 0.5) is 0 Å². The Labute approximate surface area is 97.2 Å². The van der Waals surface area contributed by atoms with E-state index in [-0.39, 0.29) is 18.8 Å². The highest BCUT2D eigenvalue weighted by molar-refractivity contribution is 4.92. The van der Waals surface area contributed by atoms with Crippen molar-refractivity contribution < 1.29 is 24.2 Å². The van der Waals surface area contributed by atoms with Crippen molar-refractivity contribution in [3.63, 3.8) is 0 Å². The van der Waals surface area contributed by atoms with Crippen LogP contribution in [0.5, 0.6) is 0 Å². The van der Waals surface area contributed by atoms with Gasteiger partial charge in [-0.15, -0.1) is 0 Å². The molecule has 1 aliphatic heterocycles. The van der Waals surface area contributed by atoms with Crippen LogP contribution in [0.2, 0.25) is 0 Å². The van der Waals surface area contributed by atoms with Gasteiger partial charge in [0, 0.05) is 7.11 Å². The number of likely N-dealkylation sites (N-methyl/N-ethyl adjacent to an activating group) is 1. The molecule has 0 saturated carbocycles. The molecule has 1 saturated heterocycles. The Kier molecular flexibility index (Phi) is 4.31. The van der Waals surface area contributed by atoms with Crippen LogP contribution < -0.4 is 0 Å². The van der Waals surface area contributed by atoms with E-state index in [4.69, 9.17) is 9.47 Å². The number of ether oxygens (including phenoxy) is 2. The normalized spacial score (nSPS) is 41.1. The standard InChI is InChI=1S/C11H24NO4/c1-7-9(12(2,3)4)10(14)11(15-5)8(6-13)16-7/h7-11,13-14H,6H2,1-5H3/q+1/t7-,8?,9?,10+,11+/m0/s1. The van der Waals surface area contributed by atoms with Crippen molar-refractivity contribution in [1.29, 1.82) is 0 Å². The number of hydrogen-bond acceptors (Lipinski definition) is 4. The van der Waals surface area contributed by atoms with Gasteiger partial charge in [0.25, 0.3) is 0 Å². The predicted octanol–water partition coefficient (Wildman–Crippen LogP) is -0.783. The number of rotatable bonds is 3. The van der Waals surface area contributed by atoms with Gasteiger partial charge in [-0.05, 0) is 6.92 Å². The van der Waals surface area contributed by atoms with E-state index in [1.165, 1.54) is 7.11 Å². The highest BCUT2D eigenvalue weighted by Gasteiger charge is 2.49. The first-order chi connectivity index (χ1) is 7.32. The molecule has 0 aromatic rings. The first-order valence-electron chi connectivity index (χ1n) is 5.61. The number of quaternary nitrogens is 1. The Hall–Kier alpha value is -0.200. The van der Waals surface area contributed by atoms with Gasteiger partial charge >= 0.3 is 0 Å². The summed E-state index contributed by atoms with van der Waals surface area (Å²) in [5, 5.41) is 19.5. The summed E-state index contributed by atoms with van der Waals surface area (Å²) in [5.74, 6) is 0. The van der Waals surface area contributed by atoms with E-state index in [1.54, 1.807) is 0 Å². The van der Waals surface area contributed by atoms with Crippen LogP contribution in [-0.2, 0) is 9.47 Å². The lowest BCUT2D eigenvalue weighted by Gasteiger charge is -2.48. The van der Waals surface area contributed by atoms with Crippen LogP contribution in [-0.4, -0.2) is 80.0 Å². The first kappa shape index (κ1) is 13.9. The highest BCUT2D eigenvalue weighted by atomic mass is 16.6. The van der Waals surface area contributed by atoms with Crippen LogP contribution in [0.1, 0.15) is 6.92 Å². The summed E-state index contributed by atoms with van der Waals surface area (Å²) in [6, 6.07) is -0.0623. The molecule has 2 unspecified atom stereocenters. The van der Waals surface area contributed by atoms with E-state index in [0.717, 1.165) is 0 Å². The average molecular weight is 234 g/mol. The summed E-state index contributed by atoms with van der Waals surface area (Å²) in [6.45, 7) is 1.79. The SMILES string of the molecule is CO[C@@H]1C(CO)O[C@@H](C)C([N+](C)(C)C)[C@H]1O. The van der Waals surface area contributed by atoms with Crippen molar-refractivity contribution in [2.45, 2.75) is 37.4 Å². The van der Waals surface area contributed by atoms with Crippen LogP contribution in [0, 0.1) is 0 Å². The lowest BCUT2D eigenvalue weighted by molar-refractivity contribution is -0.906. The monoisotopic (exact) mass is 234 g/mol. The third-order valence-corrected chi connectivity index (χ3v) is 3.27. The van der Waals surface area contributed by atoms with Gasteiger partial charge in [-0.3, -0.25) is 0 Å². The third-order valence-electron chi connectivity index (χ3n) is 3.27. The largest absolute Gasteiger partial charge is 0.394 e. The van der Waals surface area contributed by atoms with Crippen LogP contribution >= 0.6 is 0 Å². The van der Waals surface area contributed by atoms with Crippen molar-refractivity contribution >= 4 is 0 Å². The summed E-state index contributed by atoms with van der Waals surface area (Å²) in [7, 11) is 7.57. The molecular weight excluding hydrogens is 210 g/mol. The maximum atomic E-state index is 10.3. The van der Waals surface area contributed by atoms with E-state index in [1.807, 2.05) is 28.1 Å². The summed E-state index contributed by atoms with van der Waals surface area (Å²) in [4.78, 5) is 0. The topological polar surface area (TPSA) is 58.9 Å². The second kappa shape index (κ2) is 4.98. The third kappa shape index (κ3) is 2.55. The van der Waals surface area contributed by atoms with Crippen molar-refractivity contribution in [3.05, 3.63) is 0 Å². The summed E-state index contributed by atoms with van der Waals surface area (Å²) in [5.41, 5.74) is 0. The Morgan fingerprint density at radius 1 is 1.31 bits per heavy atom. The summed E-state index contributed by atoms with van der Waals surface area (Å²) in [6.07, 6.45) is -1.66. The molecule has 1 rings (SSSR count). The molecule has 0 radical (unpaired) electrons. The molecule has 16 heavy (non-hydrogen) atoms. The lowest BCUT2D eigenvalue weighted by Crippen LogP contribution is -2.67. The van der Waals surface area contributed by atoms with E-state index in [2.05, 4.69) is 0 Å². The van der Waals surface area contributed by atoms with E-state index >= 15 is 0 Å². The maximum absolute atomic E-state index is 10.3. The molecule has 1 fully saturated rings. The number of nitrogens with zero attached hydrogens (tertiary/aromatic N) is 1. The summed E-state index contributed by atoms with van der Waals surface area (Å²) >= 11 is 0. The Balaban J connectivity index is 2.90. The molecule has 5 heteroatoms. The zero-order valence-electron chi connectivity index (χ0n) is 10.8. The van der Waals surface area contributed by atoms with Gasteiger partial charge < -0.3 is 24.2 Å². The first-order valence-corrected chi connectivity index (χ1v) is 5.61. The number of hydrogen-bond donors (Lipinski definition) is 2. The second-order valence-corrected chi connectivity index (χ2v) is 5.36. The molecule has 0 aromatic heterocycles. The van der Waals surface area contributed by atoms with Crippen molar-refractivity contribution in [2.24, 2.45) is 0 Å². The molecule has 5 atom stereocenters. The van der Waals surface area contributed by atoms with Gasteiger partial charge in [0.1, 0.15) is 30.5 Å². The predicted molar refractivity (Wildman–Crippen MR) is 60.0 cm³/mol. The molecule has 2 N–H and O–H groups in total. The van der Waals surface area contributed by atoms with Gasteiger partial charge in [0.2, 0.25) is 0 Å². The fourth-order valence-electron chi connectivity index (χ4n) is 2.65. The maximum Gasteiger partial charge on any atom is 0.144 e. The minimum absolute atomic E-state index is 0.0623. The van der Waals surface area contributed by atoms with Crippen LogP contribution in [0.3, 0.4) is 0 Å². The fraction of sp³-hybridized carbons (Fsp3) is 1.00. The van der Waals surface area contributed by atoms with E-state index < -0.39 is 18.3 Å². The summed E-state index contributed by atoms with van der Waals surface area (Å²) < 4.78 is 11.5. The van der Waals surface area contributed by atoms with Gasteiger partial charge in [-0.25, -0.2) is 0 Å². The molecule has 0 spiro atoms. The lowest BCUT2D eigenvalue weighted by atomic mass is 9.91. The molecule has 96 valence electrons. The smallest absolute Gasteiger partial charge is 0.144 e. The Bertz CT molecular complexity index is 229. The van der Waals surface area contributed by atoms with E-state index in [9.17, 15) is 10.2 Å². The average Bonchev–Trinajstić information content (AvgIpc) is 2.14. The number of aliphatic hydroxyl groups is 2. The second-order valence-electron chi connectivity index (χ2n) is 5.36. The minimum Gasteiger partial charge on any atom is -0.394 e. The zero-order chi connectivity index (χ0) is 12.5. The highest BCUT2D eigenvalue weighted by Crippen LogP contribution is 2.27. The van der Waals surface area contributed by atoms with Crippen LogP contribution in [0.15, 0.2) is 0 Å². The van der Waals surface area contributed by atoms with Gasteiger partial charge in [0.05, 0.1) is 27.7 Å². The molecule has 0 bridgehead atoms. The molecule has 1 aliphatic rings. The fourth-order valence-corrected chi connectivity index (χ4v) is 2.65. The molecule has 5 nitrogen and oxygen atoms in total. The quantitative estimate of drug-likeness (QED) is 0.629. The molecule has 1 heterocycles. The molecule has 0 aromatic carbocycles. The minimum atomic E-state index is -0.633. The van der Waals surface area contributed by atoms with Gasteiger partial charge in [-0.2, -0.15) is 0 Å². The van der Waals surface area contributed by atoms with Crippen molar-refractivity contribution in [1.82, 2.24) is 0 Å². The van der Waals surface area contributed by atoms with Gasteiger partial charge in [0.15, 0.2) is 0 Å². The van der Waals surface area contributed by atoms with Crippen LogP contribution in [0.25, 0.3) is 0 Å². The van der Waals surface area contributed by atoms with Crippen molar-refractivity contribution in [3.8, 4) is 0 Å². The molecule has 0 aliphatic carbocycles. The molecule has 0 amide bonds. The van der Waals surface area contributed by atoms with E-state index in [0.29, 0.717) is 4.48 Å². The van der Waals surface area contributed by atoms with Gasteiger partial charge in [-0.1, -0.05) is 0 Å². The molecular formula is C11H24NO4+. The Morgan fingerprint density at radius 2 is 1.88 bits per heavy atom. The van der Waals surface area contributed by atoms with Crippen molar-refractivity contribution in [2.75, 3.05) is 34.9 Å². The number of methoxy groups -OCH3 is 1. The number of aliphatic hydroxyl groups excluding tert-OH is 2. The Morgan fingerprint density at radius 3 is 2.25 bits per heavy atom. The zero-order valence-corrected chi connectivity index (χ0v) is 10.8.